The van der Waals surface area contributed by atoms with E-state index >= 15 is 0 Å². The molecule has 2 N–H and O–H groups in total. The zero-order chi connectivity index (χ0) is 16.2. The highest BCUT2D eigenvalue weighted by Gasteiger charge is 2.30. The van der Waals surface area contributed by atoms with Gasteiger partial charge in [0.05, 0.1) is 19.1 Å². The molecule has 124 valence electrons. The summed E-state index contributed by atoms with van der Waals surface area (Å²) in [5.74, 6) is -1.48. The van der Waals surface area contributed by atoms with Gasteiger partial charge in [-0.05, 0) is 36.1 Å². The number of amides is 1. The number of nitrogens with one attached hydrogen (secondary N) is 1. The SMILES string of the molecule is O=C(NC1CCCCCCC1C(=O)O)c1ccc2c(c1)COC2. The molecule has 5 heteroatoms. The lowest BCUT2D eigenvalue weighted by atomic mass is 9.86. The van der Waals surface area contributed by atoms with Crippen LogP contribution in [0.2, 0.25) is 0 Å². The van der Waals surface area contributed by atoms with Crippen molar-refractivity contribution in [3.63, 3.8) is 0 Å². The van der Waals surface area contributed by atoms with E-state index in [1.165, 1.54) is 0 Å². The van der Waals surface area contributed by atoms with Crippen LogP contribution in [0.15, 0.2) is 18.2 Å². The fourth-order valence-corrected chi connectivity index (χ4v) is 3.52. The lowest BCUT2D eigenvalue weighted by molar-refractivity contribution is -0.143. The molecule has 0 spiro atoms. The van der Waals surface area contributed by atoms with Crippen molar-refractivity contribution in [3.05, 3.63) is 34.9 Å². The number of benzene rings is 1. The van der Waals surface area contributed by atoms with Crippen molar-refractivity contribution in [1.29, 1.82) is 0 Å². The molecule has 1 amide bonds. The van der Waals surface area contributed by atoms with Crippen LogP contribution < -0.4 is 5.32 Å². The first-order valence-corrected chi connectivity index (χ1v) is 8.38. The molecule has 5 nitrogen and oxygen atoms in total. The topological polar surface area (TPSA) is 75.6 Å². The van der Waals surface area contributed by atoms with E-state index in [9.17, 15) is 14.7 Å². The molecule has 2 atom stereocenters. The van der Waals surface area contributed by atoms with Crippen molar-refractivity contribution in [2.45, 2.75) is 57.8 Å². The molecular weight excluding hydrogens is 294 g/mol. The molecular formula is C18H23NO4. The summed E-state index contributed by atoms with van der Waals surface area (Å²) in [6.07, 6.45) is 5.44. The Balaban J connectivity index is 1.72. The fourth-order valence-electron chi connectivity index (χ4n) is 3.52. The van der Waals surface area contributed by atoms with Crippen molar-refractivity contribution in [2.24, 2.45) is 5.92 Å². The van der Waals surface area contributed by atoms with Gasteiger partial charge in [0, 0.05) is 11.6 Å². The highest BCUT2D eigenvalue weighted by Crippen LogP contribution is 2.24. The summed E-state index contributed by atoms with van der Waals surface area (Å²) >= 11 is 0. The highest BCUT2D eigenvalue weighted by atomic mass is 16.5. The maximum Gasteiger partial charge on any atom is 0.308 e. The van der Waals surface area contributed by atoms with E-state index in [1.54, 1.807) is 6.07 Å². The first kappa shape index (κ1) is 16.0. The van der Waals surface area contributed by atoms with Crippen molar-refractivity contribution < 1.29 is 19.4 Å². The molecule has 3 rings (SSSR count). The molecule has 0 bridgehead atoms. The molecule has 1 aromatic rings. The number of hydrogen-bond acceptors (Lipinski definition) is 3. The van der Waals surface area contributed by atoms with Crippen LogP contribution in [0.25, 0.3) is 0 Å². The van der Waals surface area contributed by atoms with Crippen molar-refractivity contribution in [2.75, 3.05) is 0 Å². The van der Waals surface area contributed by atoms with Gasteiger partial charge in [0.1, 0.15) is 0 Å². The second-order valence-corrected chi connectivity index (χ2v) is 6.49. The Labute approximate surface area is 136 Å². The normalized spacial score (nSPS) is 24.3. The summed E-state index contributed by atoms with van der Waals surface area (Å²) in [6.45, 7) is 1.14. The highest BCUT2D eigenvalue weighted by molar-refractivity contribution is 5.95. The van der Waals surface area contributed by atoms with Gasteiger partial charge in [-0.15, -0.1) is 0 Å². The Kier molecular flexibility index (Phi) is 4.96. The Bertz CT molecular complexity index is 599. The summed E-state index contributed by atoms with van der Waals surface area (Å²) in [4.78, 5) is 24.1. The summed E-state index contributed by atoms with van der Waals surface area (Å²) in [6, 6.07) is 5.28. The van der Waals surface area contributed by atoms with E-state index < -0.39 is 11.9 Å². The van der Waals surface area contributed by atoms with Gasteiger partial charge in [-0.2, -0.15) is 0 Å². The van der Waals surface area contributed by atoms with Crippen molar-refractivity contribution >= 4 is 11.9 Å². The largest absolute Gasteiger partial charge is 0.481 e. The number of carbonyl (C=O) groups is 2. The predicted molar refractivity (Wildman–Crippen MR) is 85.0 cm³/mol. The lowest BCUT2D eigenvalue weighted by Gasteiger charge is -2.27. The minimum atomic E-state index is -0.806. The molecule has 1 aromatic carbocycles. The molecule has 0 aromatic heterocycles. The molecule has 2 aliphatic rings. The van der Waals surface area contributed by atoms with Gasteiger partial charge >= 0.3 is 5.97 Å². The van der Waals surface area contributed by atoms with Gasteiger partial charge in [-0.25, -0.2) is 0 Å². The number of rotatable bonds is 3. The van der Waals surface area contributed by atoms with Crippen LogP contribution in [0.5, 0.6) is 0 Å². The summed E-state index contributed by atoms with van der Waals surface area (Å²) < 4.78 is 5.37. The molecule has 1 aliphatic heterocycles. The molecule has 0 radical (unpaired) electrons. The van der Waals surface area contributed by atoms with E-state index in [2.05, 4.69) is 5.32 Å². The monoisotopic (exact) mass is 317 g/mol. The molecule has 1 heterocycles. The summed E-state index contributed by atoms with van der Waals surface area (Å²) in [5, 5.41) is 12.4. The number of fused-ring (bicyclic) bond motifs is 1. The van der Waals surface area contributed by atoms with Crippen LogP contribution in [0.3, 0.4) is 0 Å². The summed E-state index contributed by atoms with van der Waals surface area (Å²) in [5.41, 5.74) is 2.75. The van der Waals surface area contributed by atoms with Crippen LogP contribution in [0, 0.1) is 5.92 Å². The minimum absolute atomic E-state index is 0.184. The quantitative estimate of drug-likeness (QED) is 0.899. The van der Waals surface area contributed by atoms with Crippen LogP contribution in [0.4, 0.5) is 0 Å². The van der Waals surface area contributed by atoms with Crippen molar-refractivity contribution in [3.8, 4) is 0 Å². The number of ether oxygens (including phenoxy) is 1. The van der Waals surface area contributed by atoms with Gasteiger partial charge < -0.3 is 15.2 Å². The lowest BCUT2D eigenvalue weighted by Crippen LogP contribution is -2.44. The van der Waals surface area contributed by atoms with E-state index in [0.717, 1.165) is 43.2 Å². The number of carboxylic acids is 1. The molecule has 1 saturated carbocycles. The Morgan fingerprint density at radius 1 is 1.04 bits per heavy atom. The third-order valence-electron chi connectivity index (χ3n) is 4.88. The van der Waals surface area contributed by atoms with E-state index in [1.807, 2.05) is 12.1 Å². The molecule has 0 saturated heterocycles. The minimum Gasteiger partial charge on any atom is -0.481 e. The number of carbonyl (C=O) groups excluding carboxylic acids is 1. The average molecular weight is 317 g/mol. The molecule has 2 unspecified atom stereocenters. The first-order chi connectivity index (χ1) is 11.1. The second kappa shape index (κ2) is 7.13. The van der Waals surface area contributed by atoms with E-state index in [-0.39, 0.29) is 11.9 Å². The van der Waals surface area contributed by atoms with Crippen molar-refractivity contribution in [1.82, 2.24) is 5.32 Å². The standard InChI is InChI=1S/C18H23NO4/c20-17(12-7-8-13-10-23-11-14(13)9-12)19-16-6-4-2-1-3-5-15(16)18(21)22/h7-9,15-16H,1-6,10-11H2,(H,19,20)(H,21,22). The van der Waals surface area contributed by atoms with Gasteiger partial charge in [0.25, 0.3) is 5.91 Å². The fraction of sp³-hybridized carbons (Fsp3) is 0.556. The number of carboxylic acid groups (broad SMARTS) is 1. The van der Waals surface area contributed by atoms with Gasteiger partial charge in [0.2, 0.25) is 0 Å². The summed E-state index contributed by atoms with van der Waals surface area (Å²) in [7, 11) is 0. The Morgan fingerprint density at radius 3 is 2.57 bits per heavy atom. The van der Waals surface area contributed by atoms with E-state index in [0.29, 0.717) is 25.2 Å². The van der Waals surface area contributed by atoms with Crippen LogP contribution in [-0.2, 0) is 22.7 Å². The third kappa shape index (κ3) is 3.72. The van der Waals surface area contributed by atoms with Crippen LogP contribution in [-0.4, -0.2) is 23.0 Å². The van der Waals surface area contributed by atoms with E-state index in [4.69, 9.17) is 4.74 Å². The molecule has 1 aliphatic carbocycles. The number of hydrogen-bond donors (Lipinski definition) is 2. The van der Waals surface area contributed by atoms with Gasteiger partial charge in [-0.3, -0.25) is 9.59 Å². The zero-order valence-corrected chi connectivity index (χ0v) is 13.2. The maximum atomic E-state index is 12.5. The number of aliphatic carboxylic acids is 1. The second-order valence-electron chi connectivity index (χ2n) is 6.49. The van der Waals surface area contributed by atoms with Gasteiger partial charge in [0.15, 0.2) is 0 Å². The maximum absolute atomic E-state index is 12.5. The smallest absolute Gasteiger partial charge is 0.308 e. The molecule has 23 heavy (non-hydrogen) atoms. The average Bonchev–Trinajstić information content (AvgIpc) is 2.97. The van der Waals surface area contributed by atoms with Crippen LogP contribution in [0.1, 0.15) is 60.0 Å². The molecule has 1 fully saturated rings. The third-order valence-corrected chi connectivity index (χ3v) is 4.88. The van der Waals surface area contributed by atoms with Gasteiger partial charge in [-0.1, -0.05) is 31.7 Å². The van der Waals surface area contributed by atoms with Crippen LogP contribution >= 0.6 is 0 Å². The Hall–Kier alpha value is -1.88. The zero-order valence-electron chi connectivity index (χ0n) is 13.2. The Morgan fingerprint density at radius 2 is 1.78 bits per heavy atom. The first-order valence-electron chi connectivity index (χ1n) is 8.38. The predicted octanol–water partition coefficient (Wildman–Crippen LogP) is 2.87.